The van der Waals surface area contributed by atoms with Crippen molar-refractivity contribution in [1.82, 2.24) is 41.7 Å². The highest BCUT2D eigenvalue weighted by molar-refractivity contribution is 7.98. The minimum absolute atomic E-state index is 0.0172. The first-order valence-corrected chi connectivity index (χ1v) is 27.9. The minimum atomic E-state index is -1.89. The zero-order chi connectivity index (χ0) is 60.1. The fourth-order valence-corrected chi connectivity index (χ4v) is 9.71. The maximum absolute atomic E-state index is 14.6. The predicted octanol–water partition coefficient (Wildman–Crippen LogP) is -1.41. The molecule has 10 atom stereocenters. The fourth-order valence-electron chi connectivity index (χ4n) is 9.24. The number of carboxylic acids is 3. The lowest BCUT2D eigenvalue weighted by molar-refractivity contribution is -0.148. The Morgan fingerprint density at radius 1 is 0.593 bits per heavy atom. The summed E-state index contributed by atoms with van der Waals surface area (Å²) < 4.78 is 0. The van der Waals surface area contributed by atoms with Crippen LogP contribution in [0.2, 0.25) is 0 Å². The number of nitrogens with zero attached hydrogens (tertiary/aromatic N) is 2. The summed E-state index contributed by atoms with van der Waals surface area (Å²) in [6.07, 6.45) is -0.336. The number of likely N-dealkylation sites (tertiary alicyclic amines) is 2. The number of phenolic OH excluding ortho intramolecular Hbond substituents is 2. The van der Waals surface area contributed by atoms with Crippen LogP contribution in [0.1, 0.15) is 95.6 Å². The lowest BCUT2D eigenvalue weighted by atomic mass is 9.98. The molecule has 15 N–H and O–H groups in total. The number of amides is 9. The van der Waals surface area contributed by atoms with Crippen molar-refractivity contribution in [2.75, 3.05) is 25.1 Å². The van der Waals surface area contributed by atoms with Crippen molar-refractivity contribution in [3.05, 3.63) is 59.7 Å². The zero-order valence-electron chi connectivity index (χ0n) is 45.3. The molecule has 2 aliphatic rings. The lowest BCUT2D eigenvalue weighted by Gasteiger charge is -2.33. The van der Waals surface area contributed by atoms with Gasteiger partial charge in [-0.3, -0.25) is 52.7 Å². The third-order valence-corrected chi connectivity index (χ3v) is 14.7. The summed E-state index contributed by atoms with van der Waals surface area (Å²) in [5.41, 5.74) is 12.6. The first kappa shape index (κ1) is 65.5. The molecule has 4 rings (SSSR count). The molecule has 28 heteroatoms. The third kappa shape index (κ3) is 20.2. The van der Waals surface area contributed by atoms with Crippen LogP contribution in [0.15, 0.2) is 48.5 Å². The number of carbonyl (C=O) groups excluding carboxylic acids is 9. The first-order valence-electron chi connectivity index (χ1n) is 26.5. The van der Waals surface area contributed by atoms with Crippen LogP contribution in [0.3, 0.4) is 0 Å². The Kier molecular flexibility index (Phi) is 25.6. The van der Waals surface area contributed by atoms with Gasteiger partial charge in [-0.05, 0) is 98.3 Å². The van der Waals surface area contributed by atoms with Gasteiger partial charge in [0.2, 0.25) is 53.2 Å². The molecule has 9 amide bonds. The molecule has 444 valence electrons. The number of nitrogens with one attached hydrogen (secondary N) is 6. The summed E-state index contributed by atoms with van der Waals surface area (Å²) in [4.78, 5) is 162. The van der Waals surface area contributed by atoms with E-state index in [1.54, 1.807) is 25.3 Å². The quantitative estimate of drug-likeness (QED) is 0.0400. The van der Waals surface area contributed by atoms with Crippen molar-refractivity contribution < 1.29 is 83.1 Å². The number of aromatic hydroxyl groups is 2. The van der Waals surface area contributed by atoms with Crippen molar-refractivity contribution >= 4 is 82.8 Å². The van der Waals surface area contributed by atoms with E-state index in [4.69, 9.17) is 16.6 Å². The van der Waals surface area contributed by atoms with E-state index in [0.717, 1.165) is 0 Å². The average molecular weight is 1160 g/mol. The Hall–Kier alpha value is -8.01. The second-order valence-electron chi connectivity index (χ2n) is 20.1. The van der Waals surface area contributed by atoms with Crippen LogP contribution in [0.25, 0.3) is 0 Å². The number of primary amides is 1. The summed E-state index contributed by atoms with van der Waals surface area (Å²) in [5, 5.41) is 62.9. The van der Waals surface area contributed by atoms with Gasteiger partial charge in [0.25, 0.3) is 0 Å². The van der Waals surface area contributed by atoms with Crippen LogP contribution in [0.4, 0.5) is 0 Å². The molecule has 0 radical (unpaired) electrons. The van der Waals surface area contributed by atoms with Crippen LogP contribution in [0.5, 0.6) is 11.5 Å². The lowest BCUT2D eigenvalue weighted by Crippen LogP contribution is -2.60. The van der Waals surface area contributed by atoms with E-state index in [9.17, 15) is 78.0 Å². The Morgan fingerprint density at radius 2 is 1.04 bits per heavy atom. The van der Waals surface area contributed by atoms with Crippen molar-refractivity contribution in [3.63, 3.8) is 0 Å². The molecule has 0 unspecified atom stereocenters. The average Bonchev–Trinajstić information content (AvgIpc) is 4.18. The molecule has 27 nitrogen and oxygen atoms in total. The second-order valence-corrected chi connectivity index (χ2v) is 21.0. The number of hydrogen-bond donors (Lipinski definition) is 13. The van der Waals surface area contributed by atoms with Gasteiger partial charge in [0.15, 0.2) is 0 Å². The molecular formula is C53H74N10O17S. The molecule has 0 saturated carbocycles. The van der Waals surface area contributed by atoms with Crippen molar-refractivity contribution in [1.29, 1.82) is 0 Å². The Bertz CT molecular complexity index is 2590. The molecule has 2 aromatic carbocycles. The molecule has 81 heavy (non-hydrogen) atoms. The monoisotopic (exact) mass is 1150 g/mol. The molecule has 2 fully saturated rings. The van der Waals surface area contributed by atoms with Gasteiger partial charge in [-0.25, -0.2) is 4.79 Å². The van der Waals surface area contributed by atoms with Gasteiger partial charge in [0.1, 0.15) is 59.8 Å². The van der Waals surface area contributed by atoms with Crippen LogP contribution in [-0.2, 0) is 70.4 Å². The summed E-state index contributed by atoms with van der Waals surface area (Å²) in [5.74, 6) is -12.4. The number of carbonyl (C=O) groups is 12. The van der Waals surface area contributed by atoms with Gasteiger partial charge in [-0.2, -0.15) is 11.8 Å². The number of aliphatic carboxylic acids is 3. The summed E-state index contributed by atoms with van der Waals surface area (Å²) in [6, 6.07) is -1.40. The Morgan fingerprint density at radius 3 is 1.53 bits per heavy atom. The Labute approximate surface area is 471 Å². The number of carboxylic acid groups (broad SMARTS) is 3. The normalized spacial score (nSPS) is 17.8. The van der Waals surface area contributed by atoms with E-state index in [1.165, 1.54) is 58.0 Å². The number of rotatable bonds is 32. The Balaban J connectivity index is 1.54. The topological polar surface area (TPSA) is 437 Å². The van der Waals surface area contributed by atoms with Crippen LogP contribution in [0, 0.1) is 5.92 Å². The van der Waals surface area contributed by atoms with Gasteiger partial charge in [-0.1, -0.05) is 44.5 Å². The van der Waals surface area contributed by atoms with Gasteiger partial charge in [-0.15, -0.1) is 0 Å². The summed E-state index contributed by atoms with van der Waals surface area (Å²) in [6.45, 7) is 3.81. The molecule has 2 aromatic rings. The van der Waals surface area contributed by atoms with E-state index in [1.807, 2.05) is 6.92 Å². The molecule has 0 bridgehead atoms. The van der Waals surface area contributed by atoms with E-state index < -0.39 is 158 Å². The number of hydrogen-bond acceptors (Lipinski definition) is 16. The van der Waals surface area contributed by atoms with Gasteiger partial charge in [0.05, 0.1) is 12.5 Å². The smallest absolute Gasteiger partial charge is 0.326 e. The molecular weight excluding hydrogens is 1080 g/mol. The van der Waals surface area contributed by atoms with Crippen molar-refractivity contribution in [2.45, 2.75) is 152 Å². The number of phenols is 2. The number of thioether (sulfide) groups is 1. The predicted molar refractivity (Wildman–Crippen MR) is 290 cm³/mol. The molecule has 0 aliphatic carbocycles. The van der Waals surface area contributed by atoms with E-state index in [2.05, 4.69) is 31.9 Å². The van der Waals surface area contributed by atoms with Crippen LogP contribution in [-0.4, -0.2) is 186 Å². The molecule has 2 saturated heterocycles. The highest BCUT2D eigenvalue weighted by Gasteiger charge is 2.45. The third-order valence-electron chi connectivity index (χ3n) is 14.0. The van der Waals surface area contributed by atoms with E-state index in [0.29, 0.717) is 36.1 Å². The second kappa shape index (κ2) is 31.7. The molecule has 2 heterocycles. The summed E-state index contributed by atoms with van der Waals surface area (Å²) in [7, 11) is 0. The minimum Gasteiger partial charge on any atom is -0.508 e. The van der Waals surface area contributed by atoms with Crippen molar-refractivity contribution in [3.8, 4) is 11.5 Å². The highest BCUT2D eigenvalue weighted by atomic mass is 32.2. The van der Waals surface area contributed by atoms with Gasteiger partial charge in [0, 0.05) is 38.8 Å². The SMILES string of the molecule is CC[C@H](C)[C@H](N)C(=O)N[C@@H](Cc1ccc(O)cc1)C(=O)N[C@@H](CCSC)C(=O)N1CCC[C@H]1C(=O)N1CCC[C@H]1C(=O)N[C@@H](CCC(=O)O)C(=O)N[C@@H](CC(N)=O)C(=O)N[C@@H](Cc1ccc(O)cc1)C(=O)N[C@@H](CCC(=O)O)C(=O)O. The maximum Gasteiger partial charge on any atom is 0.326 e. The molecule has 0 aromatic heterocycles. The largest absolute Gasteiger partial charge is 0.508 e. The highest BCUT2D eigenvalue weighted by Crippen LogP contribution is 2.27. The zero-order valence-corrected chi connectivity index (χ0v) is 46.1. The molecule has 0 spiro atoms. The van der Waals surface area contributed by atoms with Gasteiger partial charge < -0.3 is 78.7 Å². The van der Waals surface area contributed by atoms with Crippen LogP contribution >= 0.6 is 11.8 Å². The van der Waals surface area contributed by atoms with E-state index >= 15 is 0 Å². The number of nitrogens with two attached hydrogens (primary N) is 2. The number of benzene rings is 2. The fraction of sp³-hybridized carbons (Fsp3) is 0.547. The maximum atomic E-state index is 14.6. The van der Waals surface area contributed by atoms with E-state index in [-0.39, 0.29) is 62.6 Å². The van der Waals surface area contributed by atoms with Gasteiger partial charge >= 0.3 is 17.9 Å². The molecule has 2 aliphatic heterocycles. The first-order chi connectivity index (χ1) is 38.3. The van der Waals surface area contributed by atoms with Crippen molar-refractivity contribution in [2.24, 2.45) is 17.4 Å². The van der Waals surface area contributed by atoms with Crippen LogP contribution < -0.4 is 43.4 Å². The summed E-state index contributed by atoms with van der Waals surface area (Å²) >= 11 is 1.40. The standard InChI is InChI=1S/C53H74N10O17S/c1-4-28(2)44(55)50(76)61-37(26-30-11-15-32(65)16-12-30)46(72)57-34(21-24-81-3)51(77)63-23-6-8-40(63)52(78)62-22-5-7-39(62)49(75)56-33(17-19-42(67)68)45(71)60-38(27-41(54)66)48(74)59-36(25-29-9-13-31(64)14-10-29)47(73)58-35(53(79)80)18-20-43(69)70/h9-16,28,33-40,44,64-65H,4-8,17-27,55H2,1-3H3,(H2,54,66)(H,56,75)(H,57,72)(H,58,73)(H,59,74)(H,60,71)(H,61,76)(H,67,68)(H,69,70)(H,79,80)/t28-,33-,34-,35-,36-,37-,38-,39-,40-,44-/m0/s1.